The first-order valence-electron chi connectivity index (χ1n) is 11.4. The quantitative estimate of drug-likeness (QED) is 0.242. The first kappa shape index (κ1) is 19.3. The molecule has 4 aromatic carbocycles. The van der Waals surface area contributed by atoms with E-state index < -0.39 is 0 Å². The van der Waals surface area contributed by atoms with Gasteiger partial charge in [-0.2, -0.15) is 0 Å². The Morgan fingerprint density at radius 2 is 0.970 bits per heavy atom. The maximum absolute atomic E-state index is 2.43. The summed E-state index contributed by atoms with van der Waals surface area (Å²) in [4.78, 5) is 2.69. The average Bonchev–Trinajstić information content (AvgIpc) is 3.52. The van der Waals surface area contributed by atoms with Gasteiger partial charge >= 0.3 is 0 Å². The maximum Gasteiger partial charge on any atom is 0.0355 e. The second-order valence-corrected chi connectivity index (χ2v) is 11.6. The van der Waals surface area contributed by atoms with Gasteiger partial charge in [-0.15, -0.1) is 22.7 Å². The van der Waals surface area contributed by atoms with Crippen molar-refractivity contribution in [2.45, 2.75) is 19.3 Å². The third kappa shape index (κ3) is 2.88. The third-order valence-corrected chi connectivity index (χ3v) is 9.43. The summed E-state index contributed by atoms with van der Waals surface area (Å²) < 4.78 is 2.70. The van der Waals surface area contributed by atoms with E-state index in [-0.39, 0.29) is 5.41 Å². The normalized spacial score (nSPS) is 14.0. The molecular weight excluding hydrogens is 436 g/mol. The highest BCUT2D eigenvalue weighted by Crippen LogP contribution is 2.51. The van der Waals surface area contributed by atoms with E-state index in [1.165, 1.54) is 63.3 Å². The van der Waals surface area contributed by atoms with Gasteiger partial charge in [-0.3, -0.25) is 0 Å². The zero-order chi connectivity index (χ0) is 22.2. The number of rotatable bonds is 2. The molecule has 0 radical (unpaired) electrons. The molecule has 0 nitrogen and oxygen atoms in total. The van der Waals surface area contributed by atoms with Gasteiger partial charge < -0.3 is 0 Å². The molecule has 0 saturated heterocycles. The van der Waals surface area contributed by atoms with Crippen molar-refractivity contribution < 1.29 is 0 Å². The predicted octanol–water partition coefficient (Wildman–Crippen LogP) is 9.76. The van der Waals surface area contributed by atoms with Crippen molar-refractivity contribution in [3.05, 3.63) is 108 Å². The van der Waals surface area contributed by atoms with Crippen molar-refractivity contribution >= 4 is 42.8 Å². The summed E-state index contributed by atoms with van der Waals surface area (Å²) >= 11 is 3.77. The molecule has 2 aromatic heterocycles. The van der Waals surface area contributed by atoms with Crippen LogP contribution in [0.2, 0.25) is 0 Å². The molecule has 0 fully saturated rings. The molecule has 1 aliphatic rings. The Morgan fingerprint density at radius 3 is 1.42 bits per heavy atom. The van der Waals surface area contributed by atoms with Gasteiger partial charge in [0.25, 0.3) is 0 Å². The Balaban J connectivity index is 1.34. The minimum Gasteiger partial charge on any atom is -0.135 e. The Hall–Kier alpha value is -3.20. The zero-order valence-electron chi connectivity index (χ0n) is 18.6. The van der Waals surface area contributed by atoms with Gasteiger partial charge in [-0.1, -0.05) is 74.5 Å². The molecule has 0 spiro atoms. The van der Waals surface area contributed by atoms with Crippen molar-refractivity contribution in [3.8, 4) is 32.0 Å². The minimum atomic E-state index is -0.0238. The van der Waals surface area contributed by atoms with Crippen LogP contribution in [0.15, 0.2) is 97.1 Å². The van der Waals surface area contributed by atoms with E-state index in [2.05, 4.69) is 111 Å². The van der Waals surface area contributed by atoms with Crippen LogP contribution < -0.4 is 0 Å². The standard InChI is InChI=1S/C31H22S2/c1-31(2)25-15-21(29-17-19-7-3-5-9-27(19)32-29)11-13-23(25)24-14-12-22(16-26(24)31)30-18-20-8-4-6-10-28(20)33-30/h3-18H,1-2H3. The van der Waals surface area contributed by atoms with Crippen molar-refractivity contribution in [1.82, 2.24) is 0 Å². The van der Waals surface area contributed by atoms with Gasteiger partial charge in [-0.05, 0) is 80.6 Å². The summed E-state index contributed by atoms with van der Waals surface area (Å²) in [6.45, 7) is 4.75. The summed E-state index contributed by atoms with van der Waals surface area (Å²) in [5.41, 5.74) is 8.23. The Morgan fingerprint density at radius 1 is 0.515 bits per heavy atom. The summed E-state index contributed by atoms with van der Waals surface area (Å²) in [6.07, 6.45) is 0. The smallest absolute Gasteiger partial charge is 0.0355 e. The van der Waals surface area contributed by atoms with Crippen LogP contribution in [0.4, 0.5) is 0 Å². The van der Waals surface area contributed by atoms with Crippen LogP contribution in [0.3, 0.4) is 0 Å². The highest BCUT2D eigenvalue weighted by molar-refractivity contribution is 7.22. The molecule has 2 heterocycles. The molecule has 0 bridgehead atoms. The molecule has 0 amide bonds. The van der Waals surface area contributed by atoms with E-state index in [1.54, 1.807) is 0 Å². The van der Waals surface area contributed by atoms with Crippen LogP contribution >= 0.6 is 22.7 Å². The molecular formula is C31H22S2. The number of hydrogen-bond acceptors (Lipinski definition) is 2. The van der Waals surface area contributed by atoms with Gasteiger partial charge in [0.1, 0.15) is 0 Å². The van der Waals surface area contributed by atoms with Crippen molar-refractivity contribution in [3.63, 3.8) is 0 Å². The van der Waals surface area contributed by atoms with Crippen LogP contribution in [0, 0.1) is 0 Å². The first-order valence-corrected chi connectivity index (χ1v) is 13.0. The molecule has 0 N–H and O–H groups in total. The average molecular weight is 459 g/mol. The molecule has 0 saturated carbocycles. The predicted molar refractivity (Wildman–Crippen MR) is 146 cm³/mol. The van der Waals surface area contributed by atoms with Gasteiger partial charge in [0.2, 0.25) is 0 Å². The van der Waals surface area contributed by atoms with Gasteiger partial charge in [0.15, 0.2) is 0 Å². The molecule has 6 aromatic rings. The summed E-state index contributed by atoms with van der Waals surface area (Å²) in [6, 6.07) is 36.1. The van der Waals surface area contributed by atoms with Crippen LogP contribution in [0.1, 0.15) is 25.0 Å². The maximum atomic E-state index is 2.43. The fourth-order valence-corrected chi connectivity index (χ4v) is 7.41. The number of hydrogen-bond donors (Lipinski definition) is 0. The second kappa shape index (κ2) is 6.90. The number of fused-ring (bicyclic) bond motifs is 5. The molecule has 33 heavy (non-hydrogen) atoms. The fourth-order valence-electron chi connectivity index (χ4n) is 5.29. The van der Waals surface area contributed by atoms with Crippen molar-refractivity contribution in [1.29, 1.82) is 0 Å². The molecule has 1 aliphatic carbocycles. The highest BCUT2D eigenvalue weighted by Gasteiger charge is 2.36. The molecule has 0 atom stereocenters. The Labute approximate surface area is 201 Å². The van der Waals surface area contributed by atoms with E-state index in [0.29, 0.717) is 0 Å². The van der Waals surface area contributed by atoms with Gasteiger partial charge in [-0.25, -0.2) is 0 Å². The van der Waals surface area contributed by atoms with E-state index in [4.69, 9.17) is 0 Å². The van der Waals surface area contributed by atoms with E-state index >= 15 is 0 Å². The lowest BCUT2D eigenvalue weighted by Crippen LogP contribution is -2.15. The van der Waals surface area contributed by atoms with Crippen molar-refractivity contribution in [2.75, 3.05) is 0 Å². The Bertz CT molecular complexity index is 1500. The Kier molecular flexibility index (Phi) is 4.03. The lowest BCUT2D eigenvalue weighted by Gasteiger charge is -2.22. The van der Waals surface area contributed by atoms with Crippen LogP contribution in [0.5, 0.6) is 0 Å². The summed E-state index contributed by atoms with van der Waals surface area (Å²) in [7, 11) is 0. The molecule has 7 rings (SSSR count). The van der Waals surface area contributed by atoms with Crippen LogP contribution in [-0.4, -0.2) is 0 Å². The monoisotopic (exact) mass is 458 g/mol. The zero-order valence-corrected chi connectivity index (χ0v) is 20.2. The first-order chi connectivity index (χ1) is 16.1. The van der Waals surface area contributed by atoms with E-state index in [0.717, 1.165) is 0 Å². The minimum absolute atomic E-state index is 0.0238. The van der Waals surface area contributed by atoms with Crippen molar-refractivity contribution in [2.24, 2.45) is 0 Å². The van der Waals surface area contributed by atoms with Crippen LogP contribution in [-0.2, 0) is 5.41 Å². The van der Waals surface area contributed by atoms with E-state index in [9.17, 15) is 0 Å². The molecule has 0 aliphatic heterocycles. The topological polar surface area (TPSA) is 0 Å². The lowest BCUT2D eigenvalue weighted by atomic mass is 9.81. The van der Waals surface area contributed by atoms with Crippen LogP contribution in [0.25, 0.3) is 52.2 Å². The lowest BCUT2D eigenvalue weighted by molar-refractivity contribution is 0.661. The third-order valence-electron chi connectivity index (χ3n) is 7.10. The summed E-state index contributed by atoms with van der Waals surface area (Å²) in [5.74, 6) is 0. The van der Waals surface area contributed by atoms with Gasteiger partial charge in [0.05, 0.1) is 0 Å². The molecule has 0 unspecified atom stereocenters. The largest absolute Gasteiger partial charge is 0.135 e. The number of thiophene rings is 2. The summed E-state index contributed by atoms with van der Waals surface area (Å²) in [5, 5.41) is 2.65. The second-order valence-electron chi connectivity index (χ2n) is 9.44. The fraction of sp³-hybridized carbons (Fsp3) is 0.0968. The SMILES string of the molecule is CC1(C)c2cc(-c3cc4ccccc4s3)ccc2-c2ccc(-c3cc4ccccc4s3)cc21. The highest BCUT2D eigenvalue weighted by atomic mass is 32.1. The van der Waals surface area contributed by atoms with E-state index in [1.807, 2.05) is 22.7 Å². The number of benzene rings is 4. The molecule has 2 heteroatoms. The molecule has 158 valence electrons. The van der Waals surface area contributed by atoms with Gasteiger partial charge in [0, 0.05) is 24.6 Å².